The molecule has 0 atom stereocenters. The summed E-state index contributed by atoms with van der Waals surface area (Å²) in [6.07, 6.45) is -4.79. The molecule has 0 aliphatic carbocycles. The summed E-state index contributed by atoms with van der Waals surface area (Å²) in [7, 11) is 0. The molecule has 2 rings (SSSR count). The fourth-order valence-electron chi connectivity index (χ4n) is 1.77. The number of carbonyl (C=O) groups is 1. The number of alkyl halides is 3. The molecule has 0 bridgehead atoms. The zero-order chi connectivity index (χ0) is 15.8. The molecule has 0 unspecified atom stereocenters. The van der Waals surface area contributed by atoms with Gasteiger partial charge in [-0.25, -0.2) is 8.78 Å². The highest BCUT2D eigenvalue weighted by atomic mass is 79.9. The van der Waals surface area contributed by atoms with Gasteiger partial charge in [-0.2, -0.15) is 13.2 Å². The van der Waals surface area contributed by atoms with E-state index in [0.717, 1.165) is 24.3 Å². The number of halogens is 6. The minimum absolute atomic E-state index is 0.117. The molecule has 0 heterocycles. The molecule has 0 saturated carbocycles. The Kier molecular flexibility index (Phi) is 4.13. The lowest BCUT2D eigenvalue weighted by Crippen LogP contribution is -2.15. The van der Waals surface area contributed by atoms with Gasteiger partial charge in [0.05, 0.1) is 11.1 Å². The van der Waals surface area contributed by atoms with Gasteiger partial charge in [0.15, 0.2) is 17.4 Å². The SMILES string of the molecule is O=C(c1ccc(Br)cc1C(F)(F)F)c1cccc(F)c1F. The molecule has 0 N–H and O–H groups in total. The second-order valence-corrected chi connectivity index (χ2v) is 5.03. The van der Waals surface area contributed by atoms with E-state index in [1.54, 1.807) is 0 Å². The van der Waals surface area contributed by atoms with Gasteiger partial charge in [-0.3, -0.25) is 4.79 Å². The molecular weight excluding hydrogens is 359 g/mol. The molecule has 0 aromatic heterocycles. The first kappa shape index (κ1) is 15.6. The van der Waals surface area contributed by atoms with E-state index in [1.807, 2.05) is 0 Å². The minimum atomic E-state index is -4.79. The van der Waals surface area contributed by atoms with Gasteiger partial charge in [0.2, 0.25) is 0 Å². The van der Waals surface area contributed by atoms with Gasteiger partial charge in [-0.1, -0.05) is 22.0 Å². The number of carbonyl (C=O) groups excluding carboxylic acids is 1. The fourth-order valence-corrected chi connectivity index (χ4v) is 2.13. The van der Waals surface area contributed by atoms with E-state index in [9.17, 15) is 26.7 Å². The van der Waals surface area contributed by atoms with Crippen LogP contribution in [-0.4, -0.2) is 5.78 Å². The number of rotatable bonds is 2. The standard InChI is InChI=1S/C14H6BrF5O/c15-7-4-5-8(10(6-7)14(18,19)20)13(21)9-2-1-3-11(16)12(9)17/h1-6H. The van der Waals surface area contributed by atoms with Gasteiger partial charge >= 0.3 is 6.18 Å². The van der Waals surface area contributed by atoms with E-state index in [-0.39, 0.29) is 4.47 Å². The third kappa shape index (κ3) is 3.12. The molecular formula is C14H6BrF5O. The summed E-state index contributed by atoms with van der Waals surface area (Å²) in [6.45, 7) is 0. The van der Waals surface area contributed by atoms with Crippen LogP contribution in [0.1, 0.15) is 21.5 Å². The van der Waals surface area contributed by atoms with Gasteiger partial charge in [0.1, 0.15) is 0 Å². The second kappa shape index (κ2) is 5.55. The van der Waals surface area contributed by atoms with Crippen molar-refractivity contribution in [3.8, 4) is 0 Å². The molecule has 21 heavy (non-hydrogen) atoms. The molecule has 0 amide bonds. The molecule has 0 fully saturated rings. The van der Waals surface area contributed by atoms with Crippen LogP contribution in [0.5, 0.6) is 0 Å². The molecule has 0 aliphatic rings. The van der Waals surface area contributed by atoms with Crippen LogP contribution in [0, 0.1) is 11.6 Å². The Hall–Kier alpha value is -1.76. The summed E-state index contributed by atoms with van der Waals surface area (Å²) in [4.78, 5) is 12.1. The van der Waals surface area contributed by atoms with Crippen LogP contribution in [0.4, 0.5) is 22.0 Å². The number of ketones is 1. The number of hydrogen-bond donors (Lipinski definition) is 0. The van der Waals surface area contributed by atoms with E-state index < -0.39 is 40.3 Å². The van der Waals surface area contributed by atoms with Crippen molar-refractivity contribution in [2.45, 2.75) is 6.18 Å². The molecule has 0 aliphatic heterocycles. The predicted molar refractivity (Wildman–Crippen MR) is 68.9 cm³/mol. The van der Waals surface area contributed by atoms with Gasteiger partial charge in [-0.15, -0.1) is 0 Å². The summed E-state index contributed by atoms with van der Waals surface area (Å²) in [6, 6.07) is 5.61. The minimum Gasteiger partial charge on any atom is -0.288 e. The van der Waals surface area contributed by atoms with E-state index in [2.05, 4.69) is 15.9 Å². The van der Waals surface area contributed by atoms with Gasteiger partial charge in [0.25, 0.3) is 0 Å². The first-order valence-electron chi connectivity index (χ1n) is 5.57. The average molecular weight is 365 g/mol. The van der Waals surface area contributed by atoms with Crippen molar-refractivity contribution in [3.05, 3.63) is 69.2 Å². The number of benzene rings is 2. The first-order valence-corrected chi connectivity index (χ1v) is 6.36. The van der Waals surface area contributed by atoms with Crippen molar-refractivity contribution in [2.75, 3.05) is 0 Å². The van der Waals surface area contributed by atoms with Crippen molar-refractivity contribution in [3.63, 3.8) is 0 Å². The van der Waals surface area contributed by atoms with Crippen LogP contribution in [0.2, 0.25) is 0 Å². The topological polar surface area (TPSA) is 17.1 Å². The second-order valence-electron chi connectivity index (χ2n) is 4.12. The van der Waals surface area contributed by atoms with Crippen LogP contribution in [0.15, 0.2) is 40.9 Å². The lowest BCUT2D eigenvalue weighted by Gasteiger charge is -2.13. The Balaban J connectivity index is 2.62. The van der Waals surface area contributed by atoms with Crippen molar-refractivity contribution >= 4 is 21.7 Å². The highest BCUT2D eigenvalue weighted by Gasteiger charge is 2.36. The summed E-state index contributed by atoms with van der Waals surface area (Å²) < 4.78 is 65.6. The molecule has 0 spiro atoms. The van der Waals surface area contributed by atoms with Crippen molar-refractivity contribution in [1.82, 2.24) is 0 Å². The first-order chi connectivity index (χ1) is 9.71. The van der Waals surface area contributed by atoms with Crippen molar-refractivity contribution < 1.29 is 26.7 Å². The lowest BCUT2D eigenvalue weighted by atomic mass is 9.97. The Bertz CT molecular complexity index is 709. The Labute approximate surface area is 124 Å². The highest BCUT2D eigenvalue weighted by Crippen LogP contribution is 2.35. The molecule has 2 aromatic rings. The number of hydrogen-bond acceptors (Lipinski definition) is 1. The summed E-state index contributed by atoms with van der Waals surface area (Å²) in [5.74, 6) is -4.00. The quantitative estimate of drug-likeness (QED) is 0.542. The maximum absolute atomic E-state index is 13.6. The van der Waals surface area contributed by atoms with E-state index in [0.29, 0.717) is 6.07 Å². The zero-order valence-corrected chi connectivity index (χ0v) is 11.7. The summed E-state index contributed by atoms with van der Waals surface area (Å²) >= 11 is 2.87. The maximum Gasteiger partial charge on any atom is 0.417 e. The van der Waals surface area contributed by atoms with E-state index in [4.69, 9.17) is 0 Å². The lowest BCUT2D eigenvalue weighted by molar-refractivity contribution is -0.137. The maximum atomic E-state index is 13.6. The smallest absolute Gasteiger partial charge is 0.288 e. The molecule has 110 valence electrons. The monoisotopic (exact) mass is 364 g/mol. The Morgan fingerprint density at radius 3 is 2.29 bits per heavy atom. The van der Waals surface area contributed by atoms with Gasteiger partial charge in [0, 0.05) is 10.0 Å². The highest BCUT2D eigenvalue weighted by molar-refractivity contribution is 9.10. The summed E-state index contributed by atoms with van der Waals surface area (Å²) in [5, 5.41) is 0. The molecule has 0 saturated heterocycles. The van der Waals surface area contributed by atoms with Crippen LogP contribution in [-0.2, 0) is 6.18 Å². The molecule has 2 aromatic carbocycles. The van der Waals surface area contributed by atoms with Crippen LogP contribution in [0.25, 0.3) is 0 Å². The van der Waals surface area contributed by atoms with Gasteiger partial charge in [-0.05, 0) is 30.3 Å². The normalized spacial score (nSPS) is 11.5. The summed E-state index contributed by atoms with van der Waals surface area (Å²) in [5.41, 5.74) is -2.71. The molecule has 0 radical (unpaired) electrons. The molecule has 1 nitrogen and oxygen atoms in total. The molecule has 7 heteroatoms. The Morgan fingerprint density at radius 2 is 1.67 bits per heavy atom. The Morgan fingerprint density at radius 1 is 1.00 bits per heavy atom. The van der Waals surface area contributed by atoms with Crippen LogP contribution >= 0.6 is 15.9 Å². The largest absolute Gasteiger partial charge is 0.417 e. The predicted octanol–water partition coefficient (Wildman–Crippen LogP) is 4.98. The third-order valence-electron chi connectivity index (χ3n) is 2.73. The van der Waals surface area contributed by atoms with E-state index in [1.165, 1.54) is 6.07 Å². The van der Waals surface area contributed by atoms with Gasteiger partial charge < -0.3 is 0 Å². The van der Waals surface area contributed by atoms with E-state index >= 15 is 0 Å². The average Bonchev–Trinajstić information content (AvgIpc) is 2.40. The van der Waals surface area contributed by atoms with Crippen LogP contribution in [0.3, 0.4) is 0 Å². The van der Waals surface area contributed by atoms with Crippen molar-refractivity contribution in [2.24, 2.45) is 0 Å². The van der Waals surface area contributed by atoms with Crippen molar-refractivity contribution in [1.29, 1.82) is 0 Å². The fraction of sp³-hybridized carbons (Fsp3) is 0.0714. The van der Waals surface area contributed by atoms with Crippen LogP contribution < -0.4 is 0 Å². The third-order valence-corrected chi connectivity index (χ3v) is 3.22. The zero-order valence-electron chi connectivity index (χ0n) is 10.1.